The summed E-state index contributed by atoms with van der Waals surface area (Å²) in [6.45, 7) is 0. The van der Waals surface area contributed by atoms with Gasteiger partial charge in [-0.05, 0) is 17.5 Å². The Balaban J connectivity index is 1.97. The fraction of sp³-hybridized carbons (Fsp3) is 0.0769. The Morgan fingerprint density at radius 1 is 1.45 bits per heavy atom. The number of aromatic nitrogens is 1. The maximum Gasteiger partial charge on any atom is 0.265 e. The number of nitrogens with two attached hydrogens (primary N) is 1. The first-order valence-electron chi connectivity index (χ1n) is 5.76. The van der Waals surface area contributed by atoms with E-state index >= 15 is 0 Å². The van der Waals surface area contributed by atoms with Crippen LogP contribution in [0.15, 0.2) is 29.6 Å². The lowest BCUT2D eigenvalue weighted by Gasteiger charge is -2.07. The molecule has 3 rings (SSSR count). The van der Waals surface area contributed by atoms with E-state index in [1.165, 1.54) is 22.7 Å². The Hall–Kier alpha value is -2.12. The van der Waals surface area contributed by atoms with Gasteiger partial charge in [0.25, 0.3) is 5.91 Å². The number of carbonyl (C=O) groups is 1. The lowest BCUT2D eigenvalue weighted by molar-refractivity contribution is 0.103. The number of fused-ring (bicyclic) bond motifs is 1. The van der Waals surface area contributed by atoms with Gasteiger partial charge >= 0.3 is 0 Å². The number of amides is 1. The summed E-state index contributed by atoms with van der Waals surface area (Å²) in [4.78, 5) is 16.9. The van der Waals surface area contributed by atoms with E-state index in [0.717, 1.165) is 4.70 Å². The minimum atomic E-state index is -0.140. The van der Waals surface area contributed by atoms with E-state index < -0.39 is 0 Å². The molecule has 20 heavy (non-hydrogen) atoms. The van der Waals surface area contributed by atoms with E-state index in [0.29, 0.717) is 27.0 Å². The summed E-state index contributed by atoms with van der Waals surface area (Å²) in [6, 6.07) is 7.21. The molecule has 1 amide bonds. The average molecular weight is 305 g/mol. The zero-order valence-electron chi connectivity index (χ0n) is 10.5. The molecule has 0 spiro atoms. The quantitative estimate of drug-likeness (QED) is 0.779. The number of anilines is 2. The molecule has 3 N–H and O–H groups in total. The Bertz CT molecular complexity index is 765. The van der Waals surface area contributed by atoms with Crippen LogP contribution in [0.25, 0.3) is 10.2 Å². The number of nitrogens with one attached hydrogen (secondary N) is 1. The van der Waals surface area contributed by atoms with Crippen molar-refractivity contribution in [1.82, 2.24) is 4.98 Å². The van der Waals surface area contributed by atoms with E-state index in [1.807, 2.05) is 17.5 Å². The second-order valence-electron chi connectivity index (χ2n) is 4.01. The maximum atomic E-state index is 12.0. The highest BCUT2D eigenvalue weighted by Gasteiger charge is 2.12. The van der Waals surface area contributed by atoms with Gasteiger partial charge in [-0.25, -0.2) is 4.98 Å². The van der Waals surface area contributed by atoms with Crippen LogP contribution in [0.2, 0.25) is 0 Å². The molecule has 2 heterocycles. The molecule has 0 saturated carbocycles. The van der Waals surface area contributed by atoms with Crippen molar-refractivity contribution in [1.29, 1.82) is 0 Å². The number of thiophene rings is 1. The molecule has 1 aromatic carbocycles. The second-order valence-corrected chi connectivity index (χ2v) is 6.02. The van der Waals surface area contributed by atoms with E-state index in [4.69, 9.17) is 10.5 Å². The topological polar surface area (TPSA) is 77.2 Å². The normalized spacial score (nSPS) is 10.7. The minimum absolute atomic E-state index is 0.140. The zero-order chi connectivity index (χ0) is 14.1. The fourth-order valence-electron chi connectivity index (χ4n) is 1.84. The van der Waals surface area contributed by atoms with Crippen LogP contribution in [0.5, 0.6) is 5.75 Å². The van der Waals surface area contributed by atoms with Crippen LogP contribution >= 0.6 is 22.7 Å². The molecule has 5 nitrogen and oxygen atoms in total. The Morgan fingerprint density at radius 3 is 3.00 bits per heavy atom. The number of nitrogens with zero attached hydrogens (tertiary/aromatic N) is 1. The van der Waals surface area contributed by atoms with Crippen molar-refractivity contribution in [3.63, 3.8) is 0 Å². The second kappa shape index (κ2) is 5.10. The van der Waals surface area contributed by atoms with Gasteiger partial charge < -0.3 is 15.8 Å². The fourth-order valence-corrected chi connectivity index (χ4v) is 3.25. The molecule has 0 unspecified atom stereocenters. The Labute approximate surface area is 123 Å². The molecular formula is C13H11N3O2S2. The van der Waals surface area contributed by atoms with Gasteiger partial charge in [-0.1, -0.05) is 17.4 Å². The number of hydrogen-bond acceptors (Lipinski definition) is 6. The van der Waals surface area contributed by atoms with Gasteiger partial charge in [0.05, 0.1) is 16.7 Å². The number of ether oxygens (including phenoxy) is 1. The third-order valence-corrected chi connectivity index (χ3v) is 4.40. The Kier molecular flexibility index (Phi) is 3.29. The molecule has 0 fully saturated rings. The van der Waals surface area contributed by atoms with Crippen molar-refractivity contribution in [3.8, 4) is 5.75 Å². The van der Waals surface area contributed by atoms with Crippen molar-refractivity contribution in [3.05, 3.63) is 34.5 Å². The first-order valence-corrected chi connectivity index (χ1v) is 7.46. The van der Waals surface area contributed by atoms with E-state index in [9.17, 15) is 4.79 Å². The molecule has 0 radical (unpaired) electrons. The number of nitrogen functional groups attached to an aromatic ring is 1. The number of hydrogen-bond donors (Lipinski definition) is 2. The molecule has 102 valence electrons. The summed E-state index contributed by atoms with van der Waals surface area (Å²) in [6.07, 6.45) is 0. The van der Waals surface area contributed by atoms with Crippen molar-refractivity contribution in [2.24, 2.45) is 0 Å². The van der Waals surface area contributed by atoms with Crippen LogP contribution in [-0.2, 0) is 0 Å². The lowest BCUT2D eigenvalue weighted by Crippen LogP contribution is -2.10. The molecule has 2 aromatic heterocycles. The number of thiazole rings is 1. The van der Waals surface area contributed by atoms with Gasteiger partial charge in [-0.3, -0.25) is 4.79 Å². The largest absolute Gasteiger partial charge is 0.494 e. The highest BCUT2D eigenvalue weighted by molar-refractivity contribution is 7.22. The molecule has 0 bridgehead atoms. The molecule has 0 atom stereocenters. The van der Waals surface area contributed by atoms with Crippen LogP contribution < -0.4 is 15.8 Å². The molecule has 7 heteroatoms. The van der Waals surface area contributed by atoms with Crippen molar-refractivity contribution in [2.75, 3.05) is 18.2 Å². The van der Waals surface area contributed by atoms with Gasteiger partial charge in [0.15, 0.2) is 5.13 Å². The maximum absolute atomic E-state index is 12.0. The summed E-state index contributed by atoms with van der Waals surface area (Å²) in [7, 11) is 1.56. The van der Waals surface area contributed by atoms with E-state index in [-0.39, 0.29) is 5.91 Å². The summed E-state index contributed by atoms with van der Waals surface area (Å²) in [5, 5.41) is 5.19. The molecule has 0 aliphatic heterocycles. The SMILES string of the molecule is COc1cc(NC(=O)c2cccs2)cc2sc(N)nc12. The molecule has 0 aliphatic carbocycles. The molecular weight excluding hydrogens is 294 g/mol. The van der Waals surface area contributed by atoms with Crippen LogP contribution in [0.3, 0.4) is 0 Å². The standard InChI is InChI=1S/C13H11N3O2S2/c1-18-8-5-7(6-10-11(8)16-13(14)20-10)15-12(17)9-3-2-4-19-9/h2-6H,1H3,(H2,14,16)(H,15,17). The van der Waals surface area contributed by atoms with Crippen molar-refractivity contribution < 1.29 is 9.53 Å². The van der Waals surface area contributed by atoms with Gasteiger partial charge in [0.2, 0.25) is 0 Å². The van der Waals surface area contributed by atoms with Crippen LogP contribution in [0, 0.1) is 0 Å². The predicted octanol–water partition coefficient (Wildman–Crippen LogP) is 3.20. The van der Waals surface area contributed by atoms with E-state index in [1.54, 1.807) is 19.2 Å². The van der Waals surface area contributed by atoms with Crippen LogP contribution in [0.4, 0.5) is 10.8 Å². The summed E-state index contributed by atoms with van der Waals surface area (Å²) in [5.74, 6) is 0.454. The molecule has 3 aromatic rings. The summed E-state index contributed by atoms with van der Waals surface area (Å²) in [5.41, 5.74) is 7.08. The van der Waals surface area contributed by atoms with Gasteiger partial charge in [0, 0.05) is 11.8 Å². The first-order chi connectivity index (χ1) is 9.67. The van der Waals surface area contributed by atoms with Crippen molar-refractivity contribution in [2.45, 2.75) is 0 Å². The average Bonchev–Trinajstić information content (AvgIpc) is 3.05. The van der Waals surface area contributed by atoms with Gasteiger partial charge in [0.1, 0.15) is 11.3 Å². The monoisotopic (exact) mass is 305 g/mol. The Morgan fingerprint density at radius 2 is 2.30 bits per heavy atom. The summed E-state index contributed by atoms with van der Waals surface area (Å²) >= 11 is 2.75. The zero-order valence-corrected chi connectivity index (χ0v) is 12.2. The summed E-state index contributed by atoms with van der Waals surface area (Å²) < 4.78 is 6.17. The third-order valence-electron chi connectivity index (χ3n) is 2.70. The number of methoxy groups -OCH3 is 1. The number of carbonyl (C=O) groups excluding carboxylic acids is 1. The van der Waals surface area contributed by atoms with Gasteiger partial charge in [-0.15, -0.1) is 11.3 Å². The van der Waals surface area contributed by atoms with E-state index in [2.05, 4.69) is 10.3 Å². The molecule has 0 aliphatic rings. The smallest absolute Gasteiger partial charge is 0.265 e. The predicted molar refractivity (Wildman–Crippen MR) is 82.9 cm³/mol. The highest BCUT2D eigenvalue weighted by atomic mass is 32.1. The number of benzene rings is 1. The van der Waals surface area contributed by atoms with Gasteiger partial charge in [-0.2, -0.15) is 0 Å². The van der Waals surface area contributed by atoms with Crippen LogP contribution in [-0.4, -0.2) is 18.0 Å². The first kappa shape index (κ1) is 12.9. The molecule has 0 saturated heterocycles. The van der Waals surface area contributed by atoms with Crippen molar-refractivity contribution >= 4 is 49.6 Å². The minimum Gasteiger partial charge on any atom is -0.494 e. The highest BCUT2D eigenvalue weighted by Crippen LogP contribution is 2.34. The third kappa shape index (κ3) is 2.33. The lowest BCUT2D eigenvalue weighted by atomic mass is 10.2. The number of rotatable bonds is 3. The van der Waals surface area contributed by atoms with Crippen LogP contribution in [0.1, 0.15) is 9.67 Å².